The lowest BCUT2D eigenvalue weighted by atomic mass is 10.1. The summed E-state index contributed by atoms with van der Waals surface area (Å²) in [5.41, 5.74) is 7.81. The molecule has 0 heterocycles. The number of ether oxygens (including phenoxy) is 1. The second-order valence-corrected chi connectivity index (χ2v) is 7.12. The van der Waals surface area contributed by atoms with Gasteiger partial charge in [-0.15, -0.1) is 0 Å². The van der Waals surface area contributed by atoms with Crippen LogP contribution in [0.25, 0.3) is 0 Å². The molecule has 0 aromatic heterocycles. The normalized spacial score (nSPS) is 10.0. The Morgan fingerprint density at radius 2 is 1.78 bits per heavy atom. The van der Waals surface area contributed by atoms with Crippen molar-refractivity contribution in [2.24, 2.45) is 0 Å². The van der Waals surface area contributed by atoms with Crippen LogP contribution in [0.5, 0.6) is 5.75 Å². The van der Waals surface area contributed by atoms with Crippen LogP contribution in [0.1, 0.15) is 16.7 Å². The smallest absolute Gasteiger partial charge is 0.276 e. The molecule has 0 fully saturated rings. The zero-order chi connectivity index (χ0) is 19.8. The third kappa shape index (κ3) is 6.99. The predicted octanol–water partition coefficient (Wildman–Crippen LogP) is 2.71. The van der Waals surface area contributed by atoms with E-state index in [1.165, 1.54) is 0 Å². The van der Waals surface area contributed by atoms with Crippen LogP contribution in [0.2, 0.25) is 0 Å². The molecule has 6 nitrogen and oxygen atoms in total. The lowest BCUT2D eigenvalue weighted by Gasteiger charge is -2.12. The van der Waals surface area contributed by atoms with Crippen LogP contribution in [0, 0.1) is 13.8 Å². The molecule has 0 radical (unpaired) electrons. The van der Waals surface area contributed by atoms with E-state index in [2.05, 4.69) is 32.1 Å². The summed E-state index contributed by atoms with van der Waals surface area (Å²) in [5.74, 6) is -0.108. The van der Waals surface area contributed by atoms with Crippen LogP contribution in [-0.4, -0.2) is 23.5 Å². The molecule has 8 heteroatoms. The van der Waals surface area contributed by atoms with Gasteiger partial charge in [0.05, 0.1) is 6.42 Å². The summed E-state index contributed by atoms with van der Waals surface area (Å²) in [6.45, 7) is 3.68. The predicted molar refractivity (Wildman–Crippen MR) is 111 cm³/mol. The van der Waals surface area contributed by atoms with E-state index in [1.54, 1.807) is 6.07 Å². The van der Waals surface area contributed by atoms with Crippen molar-refractivity contribution in [1.82, 2.24) is 16.2 Å². The summed E-state index contributed by atoms with van der Waals surface area (Å²) >= 11 is 8.40. The molecule has 27 heavy (non-hydrogen) atoms. The van der Waals surface area contributed by atoms with E-state index in [9.17, 15) is 9.59 Å². The first-order valence-electron chi connectivity index (χ1n) is 8.17. The van der Waals surface area contributed by atoms with Crippen LogP contribution >= 0.6 is 28.1 Å². The molecule has 0 bridgehead atoms. The summed E-state index contributed by atoms with van der Waals surface area (Å²) in [7, 11) is 0. The first-order chi connectivity index (χ1) is 12.8. The number of amides is 2. The minimum Gasteiger partial charge on any atom is -0.484 e. The van der Waals surface area contributed by atoms with E-state index in [4.69, 9.17) is 17.0 Å². The number of carbonyl (C=O) groups excluding carboxylic acids is 2. The van der Waals surface area contributed by atoms with Crippen LogP contribution < -0.4 is 20.9 Å². The largest absolute Gasteiger partial charge is 0.484 e. The van der Waals surface area contributed by atoms with Crippen molar-refractivity contribution in [3.05, 3.63) is 63.6 Å². The summed E-state index contributed by atoms with van der Waals surface area (Å²) < 4.78 is 6.37. The number of rotatable bonds is 5. The molecule has 0 aliphatic carbocycles. The molecule has 0 atom stereocenters. The minimum absolute atomic E-state index is 0.0152. The Hall–Kier alpha value is -2.45. The van der Waals surface area contributed by atoms with E-state index in [0.29, 0.717) is 5.75 Å². The molecular weight excluding hydrogens is 430 g/mol. The van der Waals surface area contributed by atoms with E-state index < -0.39 is 5.91 Å². The highest BCUT2D eigenvalue weighted by Gasteiger charge is 2.09. The van der Waals surface area contributed by atoms with E-state index in [-0.39, 0.29) is 24.0 Å². The van der Waals surface area contributed by atoms with Crippen LogP contribution in [0.15, 0.2) is 46.9 Å². The molecule has 2 aromatic carbocycles. The molecule has 2 rings (SSSR count). The summed E-state index contributed by atoms with van der Waals surface area (Å²) in [6, 6.07) is 13.0. The summed E-state index contributed by atoms with van der Waals surface area (Å²) in [5, 5.41) is 2.53. The second-order valence-electron chi connectivity index (χ2n) is 5.85. The van der Waals surface area contributed by atoms with Gasteiger partial charge in [0.15, 0.2) is 11.7 Å². The Labute approximate surface area is 171 Å². The van der Waals surface area contributed by atoms with Crippen molar-refractivity contribution in [2.45, 2.75) is 20.3 Å². The van der Waals surface area contributed by atoms with Gasteiger partial charge in [0, 0.05) is 4.47 Å². The van der Waals surface area contributed by atoms with Crippen LogP contribution in [0.3, 0.4) is 0 Å². The monoisotopic (exact) mass is 449 g/mol. The van der Waals surface area contributed by atoms with Gasteiger partial charge in [-0.2, -0.15) is 0 Å². The van der Waals surface area contributed by atoms with Crippen molar-refractivity contribution in [3.63, 3.8) is 0 Å². The zero-order valence-corrected chi connectivity index (χ0v) is 17.4. The van der Waals surface area contributed by atoms with Gasteiger partial charge in [0.25, 0.3) is 5.91 Å². The number of hydrogen-bond donors (Lipinski definition) is 3. The Balaban J connectivity index is 1.71. The fourth-order valence-electron chi connectivity index (χ4n) is 2.20. The third-order valence-corrected chi connectivity index (χ3v) is 4.77. The molecule has 0 aliphatic rings. The quantitative estimate of drug-likeness (QED) is 0.482. The number of nitrogens with one attached hydrogen (secondary N) is 3. The fraction of sp³-hybridized carbons (Fsp3) is 0.211. The average molecular weight is 450 g/mol. The maximum Gasteiger partial charge on any atom is 0.276 e. The Morgan fingerprint density at radius 1 is 1.04 bits per heavy atom. The SMILES string of the molecule is Cc1cc(OCC(=O)NNC(=S)NC(=O)Cc2ccccc2C)ccc1Br. The molecule has 0 saturated heterocycles. The highest BCUT2D eigenvalue weighted by Crippen LogP contribution is 2.21. The minimum atomic E-state index is -0.425. The number of hydrazine groups is 1. The van der Waals surface area contributed by atoms with Crippen LogP contribution in [-0.2, 0) is 16.0 Å². The fourth-order valence-corrected chi connectivity index (χ4v) is 2.61. The molecule has 0 saturated carbocycles. The Morgan fingerprint density at radius 3 is 2.48 bits per heavy atom. The van der Waals surface area contributed by atoms with Gasteiger partial charge in [-0.1, -0.05) is 40.2 Å². The molecule has 2 aromatic rings. The lowest BCUT2D eigenvalue weighted by molar-refractivity contribution is -0.124. The number of benzene rings is 2. The maximum absolute atomic E-state index is 12.0. The van der Waals surface area contributed by atoms with Crippen LogP contribution in [0.4, 0.5) is 0 Å². The lowest BCUT2D eigenvalue weighted by Crippen LogP contribution is -2.50. The van der Waals surface area contributed by atoms with Gasteiger partial charge in [0.1, 0.15) is 5.75 Å². The zero-order valence-electron chi connectivity index (χ0n) is 15.0. The van der Waals surface area contributed by atoms with Gasteiger partial charge in [-0.3, -0.25) is 20.4 Å². The maximum atomic E-state index is 12.0. The van der Waals surface area contributed by atoms with Gasteiger partial charge in [-0.25, -0.2) is 0 Å². The van der Waals surface area contributed by atoms with Crippen molar-refractivity contribution in [3.8, 4) is 5.75 Å². The molecule has 0 unspecified atom stereocenters. The summed E-state index contributed by atoms with van der Waals surface area (Å²) in [6.07, 6.45) is 0.203. The molecule has 0 aliphatic heterocycles. The number of hydrogen-bond acceptors (Lipinski definition) is 4. The average Bonchev–Trinajstić information content (AvgIpc) is 2.63. The second kappa shape index (κ2) is 10.0. The van der Waals surface area contributed by atoms with E-state index in [0.717, 1.165) is 21.2 Å². The van der Waals surface area contributed by atoms with Gasteiger partial charge < -0.3 is 10.1 Å². The first-order valence-corrected chi connectivity index (χ1v) is 9.37. The standard InChI is InChI=1S/C19H20BrN3O3S/c1-12-5-3-4-6-14(12)10-17(24)21-19(27)23-22-18(25)11-26-15-7-8-16(20)13(2)9-15/h3-9H,10-11H2,1-2H3,(H,22,25)(H2,21,23,24,27). The van der Waals surface area contributed by atoms with Gasteiger partial charge in [-0.05, 0) is 61.0 Å². The molecule has 0 spiro atoms. The highest BCUT2D eigenvalue weighted by atomic mass is 79.9. The van der Waals surface area contributed by atoms with Crippen molar-refractivity contribution in [1.29, 1.82) is 0 Å². The van der Waals surface area contributed by atoms with Gasteiger partial charge in [0.2, 0.25) is 5.91 Å². The van der Waals surface area contributed by atoms with Crippen molar-refractivity contribution < 1.29 is 14.3 Å². The number of thiocarbonyl (C=S) groups is 1. The molecule has 3 N–H and O–H groups in total. The topological polar surface area (TPSA) is 79.5 Å². The summed E-state index contributed by atoms with van der Waals surface area (Å²) in [4.78, 5) is 23.8. The number of aryl methyl sites for hydroxylation is 2. The molecular formula is C19H20BrN3O3S. The van der Waals surface area contributed by atoms with Gasteiger partial charge >= 0.3 is 0 Å². The van der Waals surface area contributed by atoms with Crippen molar-refractivity contribution >= 4 is 45.1 Å². The Bertz CT molecular complexity index is 858. The van der Waals surface area contributed by atoms with E-state index in [1.807, 2.05) is 50.2 Å². The molecule has 2 amide bonds. The van der Waals surface area contributed by atoms with Crippen molar-refractivity contribution in [2.75, 3.05) is 6.61 Å². The molecule has 142 valence electrons. The number of carbonyl (C=O) groups is 2. The number of halogens is 1. The van der Waals surface area contributed by atoms with E-state index >= 15 is 0 Å². The Kier molecular flexibility index (Phi) is 7.75. The first kappa shape index (κ1) is 20.9. The third-order valence-electron chi connectivity index (χ3n) is 3.68. The highest BCUT2D eigenvalue weighted by molar-refractivity contribution is 9.10.